The van der Waals surface area contributed by atoms with Crippen molar-refractivity contribution in [3.05, 3.63) is 21.3 Å². The molecule has 6 heteroatoms. The summed E-state index contributed by atoms with van der Waals surface area (Å²) in [6, 6.07) is 3.76. The van der Waals surface area contributed by atoms with E-state index in [1.54, 1.807) is 13.8 Å². The molecule has 0 saturated carbocycles. The fourth-order valence-corrected chi connectivity index (χ4v) is 2.96. The van der Waals surface area contributed by atoms with Crippen molar-refractivity contribution < 1.29 is 19.5 Å². The lowest BCUT2D eigenvalue weighted by molar-refractivity contribution is 0.0288. The predicted octanol–water partition coefficient (Wildman–Crippen LogP) is 1.61. The van der Waals surface area contributed by atoms with Crippen molar-refractivity contribution in [3.8, 4) is 5.75 Å². The monoisotopic (exact) mass is 376 g/mol. The third-order valence-corrected chi connectivity index (χ3v) is 3.95. The Morgan fingerprint density at radius 2 is 2.16 bits per heavy atom. The Morgan fingerprint density at radius 3 is 2.74 bits per heavy atom. The van der Waals surface area contributed by atoms with E-state index in [0.29, 0.717) is 11.2 Å². The zero-order valence-corrected chi connectivity index (χ0v) is 13.5. The first-order valence-corrected chi connectivity index (χ1v) is 7.42. The number of ether oxygens (including phenoxy) is 1. The highest BCUT2D eigenvalue weighted by Gasteiger charge is 2.38. The molecule has 1 heterocycles. The lowest BCUT2D eigenvalue weighted by Crippen LogP contribution is -2.34. The van der Waals surface area contributed by atoms with Crippen LogP contribution in [-0.2, 0) is 4.65 Å². The summed E-state index contributed by atoms with van der Waals surface area (Å²) in [4.78, 5) is 0. The first kappa shape index (κ1) is 15.1. The molecule has 0 bridgehead atoms. The van der Waals surface area contributed by atoms with Crippen LogP contribution in [0.1, 0.15) is 38.9 Å². The van der Waals surface area contributed by atoms with Crippen molar-refractivity contribution >= 4 is 35.2 Å². The van der Waals surface area contributed by atoms with Gasteiger partial charge in [-0.3, -0.25) is 0 Å². The molecular formula is C13H18BIO4. The van der Waals surface area contributed by atoms with Gasteiger partial charge in [-0.25, -0.2) is 0 Å². The molecule has 1 aliphatic rings. The van der Waals surface area contributed by atoms with Crippen molar-refractivity contribution in [2.45, 2.75) is 38.9 Å². The smallest absolute Gasteiger partial charge is 0.491 e. The molecule has 0 radical (unpaired) electrons. The standard InChI is InChI=1S/C13H18BIO4/c1-4-9-11-8(15)5-6-10(12(11)14(17)19-9)18-7-13(2,3)16/h5-6,9,16-17H,4,7H2,1-3H3/t9-/m1/s1. The highest BCUT2D eigenvalue weighted by atomic mass is 127. The zero-order valence-electron chi connectivity index (χ0n) is 11.3. The van der Waals surface area contributed by atoms with Crippen molar-refractivity contribution in [1.82, 2.24) is 0 Å². The Bertz CT molecular complexity index is 472. The van der Waals surface area contributed by atoms with Gasteiger partial charge in [0.15, 0.2) is 0 Å². The highest BCUT2D eigenvalue weighted by molar-refractivity contribution is 14.1. The van der Waals surface area contributed by atoms with Crippen LogP contribution in [0.25, 0.3) is 0 Å². The second-order valence-corrected chi connectivity index (χ2v) is 6.52. The Balaban J connectivity index is 2.35. The number of hydrogen-bond acceptors (Lipinski definition) is 4. The van der Waals surface area contributed by atoms with Crippen LogP contribution in [0.15, 0.2) is 12.1 Å². The van der Waals surface area contributed by atoms with Crippen LogP contribution < -0.4 is 10.2 Å². The Morgan fingerprint density at radius 1 is 1.47 bits per heavy atom. The van der Waals surface area contributed by atoms with E-state index in [-0.39, 0.29) is 12.7 Å². The molecule has 4 nitrogen and oxygen atoms in total. The number of halogens is 1. The number of hydrogen-bond donors (Lipinski definition) is 2. The van der Waals surface area contributed by atoms with Crippen LogP contribution in [0.2, 0.25) is 0 Å². The molecule has 0 fully saturated rings. The van der Waals surface area contributed by atoms with E-state index in [1.807, 2.05) is 19.1 Å². The first-order valence-electron chi connectivity index (χ1n) is 6.34. The topological polar surface area (TPSA) is 58.9 Å². The minimum Gasteiger partial charge on any atom is -0.491 e. The zero-order chi connectivity index (χ0) is 14.2. The molecule has 1 atom stereocenters. The molecule has 1 aromatic carbocycles. The van der Waals surface area contributed by atoms with Gasteiger partial charge in [0.05, 0.1) is 11.7 Å². The predicted molar refractivity (Wildman–Crippen MR) is 82.7 cm³/mol. The van der Waals surface area contributed by atoms with Crippen molar-refractivity contribution in [2.75, 3.05) is 6.61 Å². The number of benzene rings is 1. The summed E-state index contributed by atoms with van der Waals surface area (Å²) in [5.74, 6) is 0.584. The molecule has 1 aliphatic heterocycles. The van der Waals surface area contributed by atoms with Crippen LogP contribution in [-0.4, -0.2) is 29.5 Å². The van der Waals surface area contributed by atoms with Crippen LogP contribution in [0.3, 0.4) is 0 Å². The van der Waals surface area contributed by atoms with Crippen molar-refractivity contribution in [3.63, 3.8) is 0 Å². The molecule has 0 unspecified atom stereocenters. The largest absolute Gasteiger partial charge is 0.495 e. The third kappa shape index (κ3) is 3.24. The van der Waals surface area contributed by atoms with Crippen LogP contribution in [0.5, 0.6) is 5.75 Å². The molecular weight excluding hydrogens is 358 g/mol. The minimum atomic E-state index is -0.952. The van der Waals surface area contributed by atoms with Gasteiger partial charge in [-0.15, -0.1) is 0 Å². The van der Waals surface area contributed by atoms with Crippen LogP contribution in [0.4, 0.5) is 0 Å². The Kier molecular flexibility index (Phi) is 4.44. The summed E-state index contributed by atoms with van der Waals surface area (Å²) in [7, 11) is -0.952. The SMILES string of the molecule is CC[C@H]1OB(O)c2c(OCC(C)(C)O)ccc(I)c21. The van der Waals surface area contributed by atoms with E-state index in [2.05, 4.69) is 22.6 Å². The maximum atomic E-state index is 10.0. The van der Waals surface area contributed by atoms with Gasteiger partial charge in [-0.05, 0) is 60.6 Å². The molecule has 0 amide bonds. The normalized spacial score (nSPS) is 18.6. The number of aliphatic hydroxyl groups is 1. The van der Waals surface area contributed by atoms with E-state index in [9.17, 15) is 10.1 Å². The molecule has 0 aliphatic carbocycles. The fraction of sp³-hybridized carbons (Fsp3) is 0.538. The maximum Gasteiger partial charge on any atom is 0.495 e. The van der Waals surface area contributed by atoms with Gasteiger partial charge in [0.2, 0.25) is 0 Å². The van der Waals surface area contributed by atoms with Gasteiger partial charge in [-0.2, -0.15) is 0 Å². The summed E-state index contributed by atoms with van der Waals surface area (Å²) >= 11 is 2.24. The van der Waals surface area contributed by atoms with E-state index in [1.165, 1.54) is 0 Å². The summed E-state index contributed by atoms with van der Waals surface area (Å²) in [5, 5.41) is 19.8. The maximum absolute atomic E-state index is 10.0. The molecule has 0 spiro atoms. The summed E-state index contributed by atoms with van der Waals surface area (Å²) in [5.41, 5.74) is 0.789. The molecule has 0 aromatic heterocycles. The molecule has 19 heavy (non-hydrogen) atoms. The second kappa shape index (κ2) is 5.59. The third-order valence-electron chi connectivity index (χ3n) is 3.01. The second-order valence-electron chi connectivity index (χ2n) is 5.36. The quantitative estimate of drug-likeness (QED) is 0.620. The van der Waals surface area contributed by atoms with Gasteiger partial charge >= 0.3 is 7.12 Å². The average Bonchev–Trinajstić information content (AvgIpc) is 2.66. The molecule has 2 N–H and O–H groups in total. The first-order chi connectivity index (χ1) is 8.83. The van der Waals surface area contributed by atoms with Crippen LogP contribution >= 0.6 is 22.6 Å². The van der Waals surface area contributed by atoms with Crippen molar-refractivity contribution in [2.24, 2.45) is 0 Å². The van der Waals surface area contributed by atoms with Gasteiger partial charge < -0.3 is 19.5 Å². The van der Waals surface area contributed by atoms with Gasteiger partial charge in [0.1, 0.15) is 12.4 Å². The van der Waals surface area contributed by atoms with E-state index >= 15 is 0 Å². The lowest BCUT2D eigenvalue weighted by atomic mass is 9.78. The molecule has 104 valence electrons. The number of fused-ring (bicyclic) bond motifs is 1. The fourth-order valence-electron chi connectivity index (χ4n) is 2.14. The Labute approximate surface area is 127 Å². The summed E-state index contributed by atoms with van der Waals surface area (Å²) in [6.07, 6.45) is 0.706. The average molecular weight is 376 g/mol. The molecule has 0 saturated heterocycles. The van der Waals surface area contributed by atoms with E-state index in [0.717, 1.165) is 15.6 Å². The number of rotatable bonds is 4. The van der Waals surface area contributed by atoms with Gasteiger partial charge in [0.25, 0.3) is 0 Å². The van der Waals surface area contributed by atoms with Gasteiger partial charge in [0, 0.05) is 9.03 Å². The lowest BCUT2D eigenvalue weighted by Gasteiger charge is -2.20. The van der Waals surface area contributed by atoms with Crippen molar-refractivity contribution in [1.29, 1.82) is 0 Å². The highest BCUT2D eigenvalue weighted by Crippen LogP contribution is 2.33. The summed E-state index contributed by atoms with van der Waals surface area (Å²) in [6.45, 7) is 5.56. The molecule has 2 rings (SSSR count). The van der Waals surface area contributed by atoms with Gasteiger partial charge in [-0.1, -0.05) is 6.92 Å². The Hall–Kier alpha value is -0.305. The summed E-state index contributed by atoms with van der Waals surface area (Å²) < 4.78 is 12.2. The minimum absolute atomic E-state index is 0.0948. The van der Waals surface area contributed by atoms with Crippen LogP contribution in [0, 0.1) is 3.57 Å². The van der Waals surface area contributed by atoms with E-state index in [4.69, 9.17) is 9.39 Å². The molecule has 1 aromatic rings. The van der Waals surface area contributed by atoms with E-state index < -0.39 is 12.7 Å².